The fourth-order valence-electron chi connectivity index (χ4n) is 1.24. The standard InChI is InChI=1S/C11H12Cl2N2O/c1-7(2)6-15(3)11(16)8-4-9(12)10(13)14-5-8/h4-5H,1,6H2,2-3H3. The van der Waals surface area contributed by atoms with Gasteiger partial charge in [0.2, 0.25) is 0 Å². The van der Waals surface area contributed by atoms with Crippen LogP contribution in [0, 0.1) is 0 Å². The van der Waals surface area contributed by atoms with Crippen molar-refractivity contribution in [2.45, 2.75) is 6.92 Å². The Morgan fingerprint density at radius 2 is 2.19 bits per heavy atom. The molecule has 0 N–H and O–H groups in total. The fraction of sp³-hybridized carbons (Fsp3) is 0.273. The summed E-state index contributed by atoms with van der Waals surface area (Å²) in [6.07, 6.45) is 1.41. The SMILES string of the molecule is C=C(C)CN(C)C(=O)c1cnc(Cl)c(Cl)c1. The summed E-state index contributed by atoms with van der Waals surface area (Å²) in [4.78, 5) is 17.3. The van der Waals surface area contributed by atoms with Crippen LogP contribution in [-0.4, -0.2) is 29.4 Å². The van der Waals surface area contributed by atoms with E-state index in [0.29, 0.717) is 12.1 Å². The molecule has 0 atom stereocenters. The molecular formula is C11H12Cl2N2O. The molecular weight excluding hydrogens is 247 g/mol. The van der Waals surface area contributed by atoms with Gasteiger partial charge in [-0.25, -0.2) is 4.98 Å². The van der Waals surface area contributed by atoms with Crippen LogP contribution in [0.15, 0.2) is 24.4 Å². The molecule has 1 heterocycles. The average Bonchev–Trinajstić information content (AvgIpc) is 2.20. The zero-order valence-corrected chi connectivity index (χ0v) is 10.6. The summed E-state index contributed by atoms with van der Waals surface area (Å²) in [5.41, 5.74) is 1.32. The van der Waals surface area contributed by atoms with Gasteiger partial charge < -0.3 is 4.90 Å². The Morgan fingerprint density at radius 1 is 1.56 bits per heavy atom. The monoisotopic (exact) mass is 258 g/mol. The van der Waals surface area contributed by atoms with E-state index in [4.69, 9.17) is 23.2 Å². The zero-order chi connectivity index (χ0) is 12.3. The van der Waals surface area contributed by atoms with Crippen molar-refractivity contribution in [3.8, 4) is 0 Å². The molecule has 0 spiro atoms. The van der Waals surface area contributed by atoms with Gasteiger partial charge in [0.15, 0.2) is 0 Å². The van der Waals surface area contributed by atoms with Gasteiger partial charge in [-0.2, -0.15) is 0 Å². The van der Waals surface area contributed by atoms with Gasteiger partial charge >= 0.3 is 0 Å². The second-order valence-corrected chi connectivity index (χ2v) is 4.38. The molecule has 0 fully saturated rings. The number of halogens is 2. The highest BCUT2D eigenvalue weighted by Gasteiger charge is 2.13. The molecule has 0 aliphatic heterocycles. The number of rotatable bonds is 3. The molecule has 0 radical (unpaired) electrons. The van der Waals surface area contributed by atoms with Crippen LogP contribution in [0.25, 0.3) is 0 Å². The van der Waals surface area contributed by atoms with Gasteiger partial charge in [0, 0.05) is 19.8 Å². The number of aromatic nitrogens is 1. The van der Waals surface area contributed by atoms with E-state index in [1.807, 2.05) is 6.92 Å². The average molecular weight is 259 g/mol. The molecule has 0 aromatic carbocycles. The summed E-state index contributed by atoms with van der Waals surface area (Å²) in [5.74, 6) is -0.158. The number of hydrogen-bond acceptors (Lipinski definition) is 2. The molecule has 3 nitrogen and oxygen atoms in total. The summed E-state index contributed by atoms with van der Waals surface area (Å²) < 4.78 is 0. The van der Waals surface area contributed by atoms with E-state index in [1.165, 1.54) is 12.3 Å². The molecule has 0 saturated carbocycles. The van der Waals surface area contributed by atoms with Crippen LogP contribution in [0.3, 0.4) is 0 Å². The van der Waals surface area contributed by atoms with Gasteiger partial charge in [0.1, 0.15) is 5.15 Å². The van der Waals surface area contributed by atoms with Crippen LogP contribution >= 0.6 is 23.2 Å². The van der Waals surface area contributed by atoms with Crippen molar-refractivity contribution < 1.29 is 4.79 Å². The number of pyridine rings is 1. The second kappa shape index (κ2) is 5.32. The topological polar surface area (TPSA) is 33.2 Å². The van der Waals surface area contributed by atoms with Gasteiger partial charge in [0.25, 0.3) is 5.91 Å². The van der Waals surface area contributed by atoms with Gasteiger partial charge in [-0.15, -0.1) is 0 Å². The molecule has 86 valence electrons. The summed E-state index contributed by atoms with van der Waals surface area (Å²) in [7, 11) is 1.69. The van der Waals surface area contributed by atoms with E-state index in [2.05, 4.69) is 11.6 Å². The molecule has 0 aliphatic rings. The van der Waals surface area contributed by atoms with Crippen LogP contribution in [0.5, 0.6) is 0 Å². The Bertz CT molecular complexity index is 432. The van der Waals surface area contributed by atoms with Crippen molar-refractivity contribution in [3.05, 3.63) is 40.2 Å². The maximum absolute atomic E-state index is 11.9. The molecule has 16 heavy (non-hydrogen) atoms. The molecule has 0 saturated heterocycles. The predicted octanol–water partition coefficient (Wildman–Crippen LogP) is 3.04. The third-order valence-electron chi connectivity index (χ3n) is 1.90. The lowest BCUT2D eigenvalue weighted by atomic mass is 10.2. The van der Waals surface area contributed by atoms with Gasteiger partial charge in [-0.05, 0) is 13.0 Å². The smallest absolute Gasteiger partial charge is 0.255 e. The lowest BCUT2D eigenvalue weighted by molar-refractivity contribution is 0.0806. The van der Waals surface area contributed by atoms with E-state index in [1.54, 1.807) is 11.9 Å². The van der Waals surface area contributed by atoms with Gasteiger partial charge in [-0.1, -0.05) is 35.4 Å². The second-order valence-electron chi connectivity index (χ2n) is 3.61. The Labute approximate surface area is 105 Å². The van der Waals surface area contributed by atoms with E-state index >= 15 is 0 Å². The van der Waals surface area contributed by atoms with Gasteiger partial charge in [-0.3, -0.25) is 4.79 Å². The van der Waals surface area contributed by atoms with Crippen LogP contribution in [0.4, 0.5) is 0 Å². The molecule has 1 aromatic rings. The Morgan fingerprint density at radius 3 is 2.69 bits per heavy atom. The first kappa shape index (κ1) is 13.0. The maximum Gasteiger partial charge on any atom is 0.255 e. The molecule has 1 aromatic heterocycles. The first-order chi connectivity index (χ1) is 7.41. The number of carbonyl (C=O) groups is 1. The molecule has 1 rings (SSSR count). The summed E-state index contributed by atoms with van der Waals surface area (Å²) in [6, 6.07) is 1.51. The highest BCUT2D eigenvalue weighted by molar-refractivity contribution is 6.41. The first-order valence-electron chi connectivity index (χ1n) is 4.62. The minimum absolute atomic E-state index is 0.158. The Kier molecular flexibility index (Phi) is 4.33. The van der Waals surface area contributed by atoms with E-state index in [0.717, 1.165) is 5.57 Å². The van der Waals surface area contributed by atoms with E-state index in [9.17, 15) is 4.79 Å². The Hall–Kier alpha value is -1.06. The number of hydrogen-bond donors (Lipinski definition) is 0. The number of likely N-dealkylation sites (N-methyl/N-ethyl adjacent to an activating group) is 1. The van der Waals surface area contributed by atoms with Crippen molar-refractivity contribution in [1.82, 2.24) is 9.88 Å². The summed E-state index contributed by atoms with van der Waals surface area (Å²) in [5, 5.41) is 0.469. The zero-order valence-electron chi connectivity index (χ0n) is 9.13. The molecule has 0 bridgehead atoms. The number of nitrogens with zero attached hydrogens (tertiary/aromatic N) is 2. The van der Waals surface area contributed by atoms with Crippen molar-refractivity contribution >= 4 is 29.1 Å². The first-order valence-corrected chi connectivity index (χ1v) is 5.38. The number of amides is 1. The molecule has 1 amide bonds. The lowest BCUT2D eigenvalue weighted by Crippen LogP contribution is -2.28. The summed E-state index contributed by atoms with van der Waals surface area (Å²) in [6.45, 7) is 6.10. The Balaban J connectivity index is 2.88. The maximum atomic E-state index is 11.9. The van der Waals surface area contributed by atoms with Crippen LogP contribution in [0.2, 0.25) is 10.2 Å². The predicted molar refractivity (Wildman–Crippen MR) is 66.0 cm³/mol. The lowest BCUT2D eigenvalue weighted by Gasteiger charge is -2.17. The van der Waals surface area contributed by atoms with Crippen molar-refractivity contribution in [3.63, 3.8) is 0 Å². The van der Waals surface area contributed by atoms with Crippen molar-refractivity contribution in [1.29, 1.82) is 0 Å². The van der Waals surface area contributed by atoms with E-state index in [-0.39, 0.29) is 16.1 Å². The third kappa shape index (κ3) is 3.22. The quantitative estimate of drug-likeness (QED) is 0.617. The van der Waals surface area contributed by atoms with Crippen LogP contribution in [-0.2, 0) is 0 Å². The minimum atomic E-state index is -0.158. The van der Waals surface area contributed by atoms with Crippen molar-refractivity contribution in [2.75, 3.05) is 13.6 Å². The molecule has 0 aliphatic carbocycles. The number of carbonyl (C=O) groups excluding carboxylic acids is 1. The fourth-order valence-corrected chi connectivity index (χ4v) is 1.50. The largest absolute Gasteiger partial charge is 0.338 e. The summed E-state index contributed by atoms with van der Waals surface area (Å²) >= 11 is 11.5. The van der Waals surface area contributed by atoms with Gasteiger partial charge in [0.05, 0.1) is 10.6 Å². The van der Waals surface area contributed by atoms with Crippen molar-refractivity contribution in [2.24, 2.45) is 0 Å². The van der Waals surface area contributed by atoms with Crippen LogP contribution < -0.4 is 0 Å². The highest BCUT2D eigenvalue weighted by Crippen LogP contribution is 2.20. The molecule has 0 unspecified atom stereocenters. The molecule has 5 heteroatoms. The highest BCUT2D eigenvalue weighted by atomic mass is 35.5. The minimum Gasteiger partial charge on any atom is -0.338 e. The van der Waals surface area contributed by atoms with Crippen LogP contribution in [0.1, 0.15) is 17.3 Å². The van der Waals surface area contributed by atoms with E-state index < -0.39 is 0 Å². The third-order valence-corrected chi connectivity index (χ3v) is 2.58. The normalized spacial score (nSPS) is 10.0.